The van der Waals surface area contributed by atoms with Crippen molar-refractivity contribution in [1.82, 2.24) is 20.1 Å². The Morgan fingerprint density at radius 1 is 1.07 bits per heavy atom. The first-order valence-electron chi connectivity index (χ1n) is 10.0. The number of nitrogens with zero attached hydrogens (tertiary/aromatic N) is 3. The fourth-order valence-corrected chi connectivity index (χ4v) is 3.72. The quantitative estimate of drug-likeness (QED) is 0.513. The number of amides is 1. The summed E-state index contributed by atoms with van der Waals surface area (Å²) < 4.78 is 7.91. The summed E-state index contributed by atoms with van der Waals surface area (Å²) in [5.41, 5.74) is 2.35. The average molecular weight is 425 g/mol. The molecule has 7 heteroatoms. The van der Waals surface area contributed by atoms with Crippen molar-refractivity contribution in [3.63, 3.8) is 0 Å². The average Bonchev–Trinajstić information content (AvgIpc) is 3.12. The van der Waals surface area contributed by atoms with Crippen LogP contribution in [0.2, 0.25) is 0 Å². The number of carbonyl (C=O) groups excluding carboxylic acids is 1. The van der Waals surface area contributed by atoms with Crippen molar-refractivity contribution in [3.8, 4) is 5.75 Å². The molecule has 0 spiro atoms. The molecule has 0 radical (unpaired) electrons. The molecule has 2 aromatic carbocycles. The molecule has 0 aliphatic carbocycles. The minimum Gasteiger partial charge on any atom is -0.483 e. The van der Waals surface area contributed by atoms with Crippen LogP contribution in [0.1, 0.15) is 49.7 Å². The molecule has 3 aromatic rings. The molecule has 1 N–H and O–H groups in total. The largest absolute Gasteiger partial charge is 0.483 e. The van der Waals surface area contributed by atoms with Gasteiger partial charge in [0.2, 0.25) is 5.91 Å². The Morgan fingerprint density at radius 3 is 2.43 bits per heavy atom. The van der Waals surface area contributed by atoms with Crippen LogP contribution < -0.4 is 10.1 Å². The van der Waals surface area contributed by atoms with Crippen molar-refractivity contribution in [2.75, 3.05) is 5.75 Å². The highest BCUT2D eigenvalue weighted by molar-refractivity contribution is 7.99. The normalized spacial score (nSPS) is 12.0. The Balaban J connectivity index is 1.52. The van der Waals surface area contributed by atoms with Gasteiger partial charge in [-0.2, -0.15) is 0 Å². The van der Waals surface area contributed by atoms with Crippen LogP contribution in [0.15, 0.2) is 59.8 Å². The van der Waals surface area contributed by atoms with Crippen molar-refractivity contribution in [3.05, 3.63) is 71.5 Å². The molecule has 158 valence electrons. The smallest absolute Gasteiger partial charge is 0.230 e. The second-order valence-electron chi connectivity index (χ2n) is 7.43. The zero-order valence-corrected chi connectivity index (χ0v) is 18.6. The van der Waals surface area contributed by atoms with E-state index >= 15 is 0 Å². The van der Waals surface area contributed by atoms with E-state index in [9.17, 15) is 4.79 Å². The van der Waals surface area contributed by atoms with Gasteiger partial charge >= 0.3 is 0 Å². The lowest BCUT2D eigenvalue weighted by atomic mass is 10.0. The molecule has 30 heavy (non-hydrogen) atoms. The number of aromatic nitrogens is 3. The molecule has 0 aliphatic rings. The highest BCUT2D eigenvalue weighted by Crippen LogP contribution is 2.25. The molecular formula is C23H28N4O2S. The summed E-state index contributed by atoms with van der Waals surface area (Å²) in [5, 5.41) is 12.1. The Kier molecular flexibility index (Phi) is 7.52. The van der Waals surface area contributed by atoms with Crippen molar-refractivity contribution in [2.24, 2.45) is 7.05 Å². The molecular weight excluding hydrogens is 396 g/mol. The fourth-order valence-electron chi connectivity index (χ4n) is 2.97. The van der Waals surface area contributed by atoms with Gasteiger partial charge in [0.25, 0.3) is 0 Å². The van der Waals surface area contributed by atoms with Crippen LogP contribution in [0.25, 0.3) is 0 Å². The maximum atomic E-state index is 12.1. The minimum atomic E-state index is -0.256. The van der Waals surface area contributed by atoms with Crippen molar-refractivity contribution >= 4 is 17.7 Å². The van der Waals surface area contributed by atoms with Crippen LogP contribution >= 0.6 is 11.8 Å². The summed E-state index contributed by atoms with van der Waals surface area (Å²) in [5.74, 6) is 2.24. The van der Waals surface area contributed by atoms with E-state index < -0.39 is 0 Å². The highest BCUT2D eigenvalue weighted by Gasteiger charge is 2.18. The number of hydrogen-bond acceptors (Lipinski definition) is 5. The van der Waals surface area contributed by atoms with Gasteiger partial charge in [-0.25, -0.2) is 0 Å². The summed E-state index contributed by atoms with van der Waals surface area (Å²) >= 11 is 1.36. The molecule has 3 rings (SSSR count). The number of thioether (sulfide) groups is 1. The molecule has 1 unspecified atom stereocenters. The number of hydrogen-bond donors (Lipinski definition) is 1. The highest BCUT2D eigenvalue weighted by atomic mass is 32.2. The standard InChI is InChI=1S/C23H28N4O2S/c1-16(2)19-10-12-20(13-11-19)29-17(3)22-25-26-23(27(22)4)30-15-21(28)24-14-18-8-6-5-7-9-18/h5-13,16-17H,14-15H2,1-4H3,(H,24,28). The van der Waals surface area contributed by atoms with E-state index in [2.05, 4.69) is 41.5 Å². The zero-order valence-electron chi connectivity index (χ0n) is 17.8. The Bertz CT molecular complexity index is 955. The van der Waals surface area contributed by atoms with Gasteiger partial charge in [0.15, 0.2) is 17.1 Å². The lowest BCUT2D eigenvalue weighted by molar-refractivity contribution is -0.118. The number of ether oxygens (including phenoxy) is 1. The topological polar surface area (TPSA) is 69.0 Å². The van der Waals surface area contributed by atoms with Crippen molar-refractivity contribution < 1.29 is 9.53 Å². The first-order chi connectivity index (χ1) is 14.4. The van der Waals surface area contributed by atoms with Crippen LogP contribution in [-0.4, -0.2) is 26.4 Å². The van der Waals surface area contributed by atoms with Gasteiger partial charge in [-0.15, -0.1) is 10.2 Å². The predicted octanol–water partition coefficient (Wildman–Crippen LogP) is 4.49. The van der Waals surface area contributed by atoms with Gasteiger partial charge in [0.05, 0.1) is 5.75 Å². The van der Waals surface area contributed by atoms with Crippen molar-refractivity contribution in [2.45, 2.75) is 44.5 Å². The summed E-state index contributed by atoms with van der Waals surface area (Å²) in [6, 6.07) is 18.0. The van der Waals surface area contributed by atoms with Crippen LogP contribution in [0.4, 0.5) is 0 Å². The molecule has 0 aliphatic heterocycles. The predicted molar refractivity (Wildman–Crippen MR) is 120 cm³/mol. The molecule has 1 aromatic heterocycles. The lowest BCUT2D eigenvalue weighted by Gasteiger charge is -2.15. The van der Waals surface area contributed by atoms with Crippen LogP contribution in [0, 0.1) is 0 Å². The number of rotatable bonds is 9. The van der Waals surface area contributed by atoms with Crippen LogP contribution in [0.5, 0.6) is 5.75 Å². The number of carbonyl (C=O) groups is 1. The Hall–Kier alpha value is -2.80. The van der Waals surface area contributed by atoms with E-state index in [0.717, 1.165) is 17.1 Å². The van der Waals surface area contributed by atoms with Crippen LogP contribution in [-0.2, 0) is 18.4 Å². The van der Waals surface area contributed by atoms with Gasteiger partial charge < -0.3 is 14.6 Å². The van der Waals surface area contributed by atoms with E-state index in [4.69, 9.17) is 4.74 Å². The van der Waals surface area contributed by atoms with Gasteiger partial charge in [0, 0.05) is 13.6 Å². The molecule has 6 nitrogen and oxygen atoms in total. The van der Waals surface area contributed by atoms with E-state index in [-0.39, 0.29) is 17.8 Å². The minimum absolute atomic E-state index is 0.0389. The molecule has 0 fully saturated rings. The van der Waals surface area contributed by atoms with Gasteiger partial charge in [-0.1, -0.05) is 68.1 Å². The maximum Gasteiger partial charge on any atom is 0.230 e. The molecule has 1 heterocycles. The molecule has 0 saturated carbocycles. The zero-order chi connectivity index (χ0) is 21.5. The summed E-state index contributed by atoms with van der Waals surface area (Å²) in [6.07, 6.45) is -0.256. The SMILES string of the molecule is CC(C)c1ccc(OC(C)c2nnc(SCC(=O)NCc3ccccc3)n2C)cc1. The van der Waals surface area contributed by atoms with E-state index in [1.165, 1.54) is 17.3 Å². The Labute approximate surface area is 182 Å². The third-order valence-corrected chi connectivity index (χ3v) is 5.78. The summed E-state index contributed by atoms with van der Waals surface area (Å²) in [6.45, 7) is 6.80. The molecule has 1 atom stereocenters. The second kappa shape index (κ2) is 10.3. The summed E-state index contributed by atoms with van der Waals surface area (Å²) in [7, 11) is 1.89. The Morgan fingerprint density at radius 2 is 1.77 bits per heavy atom. The summed E-state index contributed by atoms with van der Waals surface area (Å²) in [4.78, 5) is 12.1. The number of benzene rings is 2. The third kappa shape index (κ3) is 5.86. The lowest BCUT2D eigenvalue weighted by Crippen LogP contribution is -2.24. The molecule has 0 bridgehead atoms. The maximum absolute atomic E-state index is 12.1. The number of nitrogens with one attached hydrogen (secondary N) is 1. The second-order valence-corrected chi connectivity index (χ2v) is 8.38. The van der Waals surface area contributed by atoms with E-state index in [1.54, 1.807) is 0 Å². The first kappa shape index (κ1) is 21.9. The van der Waals surface area contributed by atoms with Crippen LogP contribution in [0.3, 0.4) is 0 Å². The molecule has 1 amide bonds. The van der Waals surface area contributed by atoms with E-state index in [1.807, 2.05) is 61.0 Å². The van der Waals surface area contributed by atoms with Gasteiger partial charge in [-0.05, 0) is 36.1 Å². The van der Waals surface area contributed by atoms with Crippen molar-refractivity contribution in [1.29, 1.82) is 0 Å². The monoisotopic (exact) mass is 424 g/mol. The first-order valence-corrected chi connectivity index (χ1v) is 11.0. The third-order valence-electron chi connectivity index (χ3n) is 4.76. The molecule has 0 saturated heterocycles. The van der Waals surface area contributed by atoms with Gasteiger partial charge in [-0.3, -0.25) is 4.79 Å². The van der Waals surface area contributed by atoms with E-state index in [0.29, 0.717) is 17.6 Å². The fraction of sp³-hybridized carbons (Fsp3) is 0.348. The van der Waals surface area contributed by atoms with Gasteiger partial charge in [0.1, 0.15) is 5.75 Å².